The quantitative estimate of drug-likeness (QED) is 0.805. The number of para-hydroxylation sites is 1. The molecular formula is C13H12INO. The maximum absolute atomic E-state index is 5.71. The summed E-state index contributed by atoms with van der Waals surface area (Å²) in [6.45, 7) is 0.698. The Bertz CT molecular complexity index is 445. The lowest BCUT2D eigenvalue weighted by Gasteiger charge is -2.07. The van der Waals surface area contributed by atoms with Gasteiger partial charge in [-0.2, -0.15) is 0 Å². The monoisotopic (exact) mass is 325 g/mol. The van der Waals surface area contributed by atoms with Crippen molar-refractivity contribution in [3.05, 3.63) is 57.9 Å². The molecular weight excluding hydrogens is 313 g/mol. The molecule has 1 aromatic heterocycles. The fourth-order valence-electron chi connectivity index (χ4n) is 1.39. The highest BCUT2D eigenvalue weighted by Gasteiger charge is 1.98. The Kier molecular flexibility index (Phi) is 4.16. The summed E-state index contributed by atoms with van der Waals surface area (Å²) >= 11 is 2.28. The molecule has 16 heavy (non-hydrogen) atoms. The average molecular weight is 325 g/mol. The highest BCUT2D eigenvalue weighted by atomic mass is 127. The molecule has 2 nitrogen and oxygen atoms in total. The third-order valence-corrected chi connectivity index (χ3v) is 3.13. The average Bonchev–Trinajstić information content (AvgIpc) is 2.33. The Morgan fingerprint density at radius 1 is 1.06 bits per heavy atom. The molecule has 0 bridgehead atoms. The zero-order valence-corrected chi connectivity index (χ0v) is 10.9. The maximum Gasteiger partial charge on any atom is 0.132 e. The van der Waals surface area contributed by atoms with Crippen molar-refractivity contribution in [2.45, 2.75) is 6.42 Å². The number of ether oxygens (including phenoxy) is 1. The maximum atomic E-state index is 5.71. The van der Waals surface area contributed by atoms with Crippen molar-refractivity contribution >= 4 is 22.6 Å². The molecule has 0 saturated carbocycles. The molecule has 0 saturated heterocycles. The van der Waals surface area contributed by atoms with Gasteiger partial charge in [0.25, 0.3) is 0 Å². The Labute approximate surface area is 109 Å². The van der Waals surface area contributed by atoms with E-state index < -0.39 is 0 Å². The van der Waals surface area contributed by atoms with Gasteiger partial charge in [-0.15, -0.1) is 0 Å². The van der Waals surface area contributed by atoms with Gasteiger partial charge in [-0.05, 0) is 52.4 Å². The molecule has 1 heterocycles. The van der Waals surface area contributed by atoms with E-state index >= 15 is 0 Å². The molecule has 0 spiro atoms. The second-order valence-electron chi connectivity index (χ2n) is 3.38. The lowest BCUT2D eigenvalue weighted by atomic mass is 10.2. The van der Waals surface area contributed by atoms with Crippen LogP contribution in [-0.2, 0) is 6.42 Å². The number of hydrogen-bond acceptors (Lipinski definition) is 2. The third-order valence-electron chi connectivity index (χ3n) is 2.23. The fraction of sp³-hybridized carbons (Fsp3) is 0.154. The lowest BCUT2D eigenvalue weighted by molar-refractivity contribution is 0.319. The van der Waals surface area contributed by atoms with E-state index in [1.807, 2.05) is 48.8 Å². The van der Waals surface area contributed by atoms with E-state index in [-0.39, 0.29) is 0 Å². The van der Waals surface area contributed by atoms with E-state index in [2.05, 4.69) is 27.6 Å². The van der Waals surface area contributed by atoms with Crippen molar-refractivity contribution in [3.8, 4) is 5.75 Å². The number of pyridine rings is 1. The molecule has 0 aliphatic heterocycles. The van der Waals surface area contributed by atoms with Gasteiger partial charge in [-0.1, -0.05) is 12.1 Å². The molecule has 0 N–H and O–H groups in total. The van der Waals surface area contributed by atoms with Gasteiger partial charge < -0.3 is 4.74 Å². The van der Waals surface area contributed by atoms with Gasteiger partial charge in [0.2, 0.25) is 0 Å². The van der Waals surface area contributed by atoms with Crippen LogP contribution in [0.5, 0.6) is 5.75 Å². The molecule has 1 aromatic carbocycles. The fourth-order valence-corrected chi connectivity index (χ4v) is 1.93. The van der Waals surface area contributed by atoms with Crippen LogP contribution in [0.15, 0.2) is 48.8 Å². The molecule has 0 atom stereocenters. The van der Waals surface area contributed by atoms with Crippen LogP contribution in [-0.4, -0.2) is 11.6 Å². The van der Waals surface area contributed by atoms with Gasteiger partial charge in [0.15, 0.2) is 0 Å². The van der Waals surface area contributed by atoms with Gasteiger partial charge in [-0.25, -0.2) is 0 Å². The number of aromatic nitrogens is 1. The summed E-state index contributed by atoms with van der Waals surface area (Å²) in [6.07, 6.45) is 4.52. The van der Waals surface area contributed by atoms with E-state index in [1.54, 1.807) is 0 Å². The minimum absolute atomic E-state index is 0.698. The molecule has 0 amide bonds. The summed E-state index contributed by atoms with van der Waals surface area (Å²) in [4.78, 5) is 3.98. The molecule has 2 rings (SSSR count). The summed E-state index contributed by atoms with van der Waals surface area (Å²) in [5.74, 6) is 0.956. The second kappa shape index (κ2) is 5.84. The normalized spacial score (nSPS) is 10.1. The zero-order valence-electron chi connectivity index (χ0n) is 8.77. The molecule has 0 aliphatic rings. The zero-order chi connectivity index (χ0) is 11.2. The predicted octanol–water partition coefficient (Wildman–Crippen LogP) is 3.31. The highest BCUT2D eigenvalue weighted by Crippen LogP contribution is 2.19. The highest BCUT2D eigenvalue weighted by molar-refractivity contribution is 14.1. The van der Waals surface area contributed by atoms with Crippen LogP contribution in [0, 0.1) is 3.57 Å². The Morgan fingerprint density at radius 2 is 1.81 bits per heavy atom. The molecule has 0 aliphatic carbocycles. The third kappa shape index (κ3) is 3.20. The SMILES string of the molecule is Ic1ccccc1OCCc1ccncc1. The smallest absolute Gasteiger partial charge is 0.132 e. The predicted molar refractivity (Wildman–Crippen MR) is 72.6 cm³/mol. The first kappa shape index (κ1) is 11.4. The number of rotatable bonds is 4. The summed E-state index contributed by atoms with van der Waals surface area (Å²) < 4.78 is 6.86. The van der Waals surface area contributed by atoms with E-state index in [9.17, 15) is 0 Å². The van der Waals surface area contributed by atoms with Crippen LogP contribution in [0.3, 0.4) is 0 Å². The first-order valence-electron chi connectivity index (χ1n) is 5.12. The van der Waals surface area contributed by atoms with E-state index in [0.717, 1.165) is 15.7 Å². The van der Waals surface area contributed by atoms with Crippen LogP contribution in [0.4, 0.5) is 0 Å². The Hall–Kier alpha value is -1.10. The molecule has 0 fully saturated rings. The largest absolute Gasteiger partial charge is 0.492 e. The standard InChI is InChI=1S/C13H12INO/c14-12-3-1-2-4-13(12)16-10-7-11-5-8-15-9-6-11/h1-6,8-9H,7,10H2. The molecule has 2 aromatic rings. The van der Waals surface area contributed by atoms with Crippen LogP contribution < -0.4 is 4.74 Å². The Morgan fingerprint density at radius 3 is 2.56 bits per heavy atom. The van der Waals surface area contributed by atoms with Crippen molar-refractivity contribution in [2.24, 2.45) is 0 Å². The van der Waals surface area contributed by atoms with Crippen LogP contribution >= 0.6 is 22.6 Å². The number of nitrogens with zero attached hydrogens (tertiary/aromatic N) is 1. The second-order valence-corrected chi connectivity index (χ2v) is 4.55. The molecule has 0 radical (unpaired) electrons. The molecule has 0 unspecified atom stereocenters. The summed E-state index contributed by atoms with van der Waals surface area (Å²) in [6, 6.07) is 12.1. The minimum atomic E-state index is 0.698. The molecule has 3 heteroatoms. The Balaban J connectivity index is 1.87. The summed E-state index contributed by atoms with van der Waals surface area (Å²) in [5.41, 5.74) is 1.25. The topological polar surface area (TPSA) is 22.1 Å². The van der Waals surface area contributed by atoms with Gasteiger partial charge in [-0.3, -0.25) is 4.98 Å². The van der Waals surface area contributed by atoms with Crippen molar-refractivity contribution in [1.82, 2.24) is 4.98 Å². The van der Waals surface area contributed by atoms with Gasteiger partial charge in [0.1, 0.15) is 5.75 Å². The van der Waals surface area contributed by atoms with E-state index in [1.165, 1.54) is 5.56 Å². The number of hydrogen-bond donors (Lipinski definition) is 0. The van der Waals surface area contributed by atoms with Gasteiger partial charge in [0, 0.05) is 18.8 Å². The van der Waals surface area contributed by atoms with E-state index in [0.29, 0.717) is 6.61 Å². The first-order chi connectivity index (χ1) is 7.86. The van der Waals surface area contributed by atoms with Gasteiger partial charge in [0.05, 0.1) is 10.2 Å². The first-order valence-corrected chi connectivity index (χ1v) is 6.20. The van der Waals surface area contributed by atoms with Crippen molar-refractivity contribution < 1.29 is 4.74 Å². The number of benzene rings is 1. The van der Waals surface area contributed by atoms with Crippen molar-refractivity contribution in [1.29, 1.82) is 0 Å². The van der Waals surface area contributed by atoms with Crippen molar-refractivity contribution in [3.63, 3.8) is 0 Å². The van der Waals surface area contributed by atoms with Crippen molar-refractivity contribution in [2.75, 3.05) is 6.61 Å². The van der Waals surface area contributed by atoms with E-state index in [4.69, 9.17) is 4.74 Å². The minimum Gasteiger partial charge on any atom is -0.492 e. The van der Waals surface area contributed by atoms with Crippen LogP contribution in [0.1, 0.15) is 5.56 Å². The lowest BCUT2D eigenvalue weighted by Crippen LogP contribution is -2.02. The van der Waals surface area contributed by atoms with Gasteiger partial charge >= 0.3 is 0 Å². The number of halogens is 1. The van der Waals surface area contributed by atoms with Crippen LogP contribution in [0.25, 0.3) is 0 Å². The van der Waals surface area contributed by atoms with Crippen LogP contribution in [0.2, 0.25) is 0 Å². The summed E-state index contributed by atoms with van der Waals surface area (Å²) in [7, 11) is 0. The molecule has 82 valence electrons. The summed E-state index contributed by atoms with van der Waals surface area (Å²) in [5, 5.41) is 0.